The van der Waals surface area contributed by atoms with Crippen molar-refractivity contribution in [1.82, 2.24) is 10.2 Å². The minimum atomic E-state index is -2.91. The van der Waals surface area contributed by atoms with Crippen LogP contribution in [-0.2, 0) is 9.84 Å². The van der Waals surface area contributed by atoms with Crippen molar-refractivity contribution in [3.05, 3.63) is 0 Å². The molecular formula is C15H32N2O2S. The molecule has 4 unspecified atom stereocenters. The summed E-state index contributed by atoms with van der Waals surface area (Å²) in [6.45, 7) is 4.49. The van der Waals surface area contributed by atoms with E-state index in [1.54, 1.807) is 0 Å². The van der Waals surface area contributed by atoms with Crippen molar-refractivity contribution < 1.29 is 8.42 Å². The van der Waals surface area contributed by atoms with E-state index in [-0.39, 0.29) is 10.8 Å². The van der Waals surface area contributed by atoms with Crippen LogP contribution in [0.15, 0.2) is 0 Å². The first-order valence-corrected chi connectivity index (χ1v) is 9.65. The van der Waals surface area contributed by atoms with Crippen LogP contribution >= 0.6 is 0 Å². The van der Waals surface area contributed by atoms with Gasteiger partial charge in [-0.1, -0.05) is 13.3 Å². The van der Waals surface area contributed by atoms with Gasteiger partial charge in [0.15, 0.2) is 0 Å². The first-order valence-electron chi connectivity index (χ1n) is 7.70. The molecule has 0 saturated heterocycles. The third-order valence-corrected chi connectivity index (χ3v) is 7.10. The Kier molecular flexibility index (Phi) is 6.05. The number of hydrogen-bond donors (Lipinski definition) is 1. The molecule has 0 aromatic carbocycles. The molecule has 20 heavy (non-hydrogen) atoms. The highest BCUT2D eigenvalue weighted by molar-refractivity contribution is 7.91. The Labute approximate surface area is 125 Å². The standard InChI is InChI=1S/C15H32N2O2S/c1-7-15(2,17(4)5)14(16-3)12-9-8-10-13(11-12)20(6,18)19/h12-14,16H,7-11H2,1-6H3. The summed E-state index contributed by atoms with van der Waals surface area (Å²) in [6, 6.07) is 0.326. The third-order valence-electron chi connectivity index (χ3n) is 5.46. The molecule has 120 valence electrons. The molecule has 4 atom stereocenters. The van der Waals surface area contributed by atoms with Crippen LogP contribution in [0.4, 0.5) is 0 Å². The monoisotopic (exact) mass is 304 g/mol. The highest BCUT2D eigenvalue weighted by atomic mass is 32.2. The number of hydrogen-bond acceptors (Lipinski definition) is 4. The van der Waals surface area contributed by atoms with Gasteiger partial charge in [-0.25, -0.2) is 8.42 Å². The van der Waals surface area contributed by atoms with Gasteiger partial charge in [-0.05, 0) is 59.7 Å². The highest BCUT2D eigenvalue weighted by Gasteiger charge is 2.41. The normalized spacial score (nSPS) is 29.1. The fourth-order valence-corrected chi connectivity index (χ4v) is 4.93. The van der Waals surface area contributed by atoms with Gasteiger partial charge in [-0.2, -0.15) is 0 Å². The smallest absolute Gasteiger partial charge is 0.150 e. The number of likely N-dealkylation sites (N-methyl/N-ethyl adjacent to an activating group) is 2. The summed E-state index contributed by atoms with van der Waals surface area (Å²) >= 11 is 0. The van der Waals surface area contributed by atoms with Gasteiger partial charge in [-0.15, -0.1) is 0 Å². The van der Waals surface area contributed by atoms with E-state index < -0.39 is 9.84 Å². The van der Waals surface area contributed by atoms with Crippen LogP contribution < -0.4 is 5.32 Å². The lowest BCUT2D eigenvalue weighted by molar-refractivity contribution is 0.0725. The quantitative estimate of drug-likeness (QED) is 0.814. The SMILES string of the molecule is CCC(C)(C(NC)C1CCCC(S(C)(=O)=O)C1)N(C)C. The lowest BCUT2D eigenvalue weighted by atomic mass is 9.74. The molecule has 4 nitrogen and oxygen atoms in total. The number of nitrogens with one attached hydrogen (secondary N) is 1. The maximum Gasteiger partial charge on any atom is 0.150 e. The summed E-state index contributed by atoms with van der Waals surface area (Å²) in [7, 11) is 3.32. The van der Waals surface area contributed by atoms with Crippen LogP contribution in [0, 0.1) is 5.92 Å². The molecule has 0 heterocycles. The Hall–Kier alpha value is -0.130. The average molecular weight is 305 g/mol. The molecule has 0 amide bonds. The Morgan fingerprint density at radius 3 is 2.35 bits per heavy atom. The van der Waals surface area contributed by atoms with Gasteiger partial charge in [-0.3, -0.25) is 0 Å². The first-order chi connectivity index (χ1) is 9.16. The number of nitrogens with zero attached hydrogens (tertiary/aromatic N) is 1. The van der Waals surface area contributed by atoms with Crippen LogP contribution in [0.3, 0.4) is 0 Å². The van der Waals surface area contributed by atoms with Crippen LogP contribution in [0.25, 0.3) is 0 Å². The lowest BCUT2D eigenvalue weighted by Crippen LogP contribution is -2.60. The van der Waals surface area contributed by atoms with Gasteiger partial charge in [0.1, 0.15) is 9.84 Å². The zero-order chi connectivity index (χ0) is 15.6. The summed E-state index contributed by atoms with van der Waals surface area (Å²) in [4.78, 5) is 2.28. The van der Waals surface area contributed by atoms with E-state index in [9.17, 15) is 8.42 Å². The minimum Gasteiger partial charge on any atom is -0.315 e. The Bertz CT molecular complexity index is 408. The van der Waals surface area contributed by atoms with E-state index in [0.717, 1.165) is 32.1 Å². The second-order valence-corrected chi connectivity index (χ2v) is 9.08. The molecular weight excluding hydrogens is 272 g/mol. The molecule has 0 bridgehead atoms. The minimum absolute atomic E-state index is 0.0544. The summed E-state index contributed by atoms with van der Waals surface area (Å²) < 4.78 is 23.7. The van der Waals surface area contributed by atoms with Crippen molar-refractivity contribution >= 4 is 9.84 Å². The maximum absolute atomic E-state index is 11.9. The Balaban J connectivity index is 2.95. The molecule has 0 radical (unpaired) electrons. The fourth-order valence-electron chi connectivity index (χ4n) is 3.74. The van der Waals surface area contributed by atoms with Crippen molar-refractivity contribution in [3.8, 4) is 0 Å². The summed E-state index contributed by atoms with van der Waals surface area (Å²) in [5.41, 5.74) is 0.0544. The fraction of sp³-hybridized carbons (Fsp3) is 1.00. The number of sulfone groups is 1. The van der Waals surface area contributed by atoms with Crippen molar-refractivity contribution in [2.45, 2.75) is 62.8 Å². The number of rotatable bonds is 6. The molecule has 1 fully saturated rings. The molecule has 0 aliphatic heterocycles. The first kappa shape index (κ1) is 17.9. The van der Waals surface area contributed by atoms with Gasteiger partial charge in [0.05, 0.1) is 5.25 Å². The molecule has 0 spiro atoms. The van der Waals surface area contributed by atoms with E-state index in [1.807, 2.05) is 7.05 Å². The summed E-state index contributed by atoms with van der Waals surface area (Å²) in [5, 5.41) is 3.33. The van der Waals surface area contributed by atoms with E-state index in [4.69, 9.17) is 0 Å². The van der Waals surface area contributed by atoms with Crippen LogP contribution in [0.1, 0.15) is 46.0 Å². The Morgan fingerprint density at radius 1 is 1.35 bits per heavy atom. The van der Waals surface area contributed by atoms with Crippen molar-refractivity contribution in [2.75, 3.05) is 27.4 Å². The largest absolute Gasteiger partial charge is 0.315 e. The van der Waals surface area contributed by atoms with Gasteiger partial charge >= 0.3 is 0 Å². The van der Waals surface area contributed by atoms with E-state index in [1.165, 1.54) is 6.26 Å². The lowest BCUT2D eigenvalue weighted by Gasteiger charge is -2.47. The molecule has 1 rings (SSSR count). The van der Waals surface area contributed by atoms with Crippen LogP contribution in [0.2, 0.25) is 0 Å². The zero-order valence-corrected chi connectivity index (χ0v) is 14.8. The maximum atomic E-state index is 11.9. The average Bonchev–Trinajstić information content (AvgIpc) is 2.38. The summed E-state index contributed by atoms with van der Waals surface area (Å²) in [5.74, 6) is 0.431. The van der Waals surface area contributed by atoms with E-state index in [2.05, 4.69) is 38.2 Å². The molecule has 5 heteroatoms. The predicted molar refractivity (Wildman–Crippen MR) is 85.8 cm³/mol. The van der Waals surface area contributed by atoms with Gasteiger partial charge in [0, 0.05) is 17.8 Å². The van der Waals surface area contributed by atoms with Gasteiger partial charge in [0.25, 0.3) is 0 Å². The molecule has 1 aliphatic rings. The molecule has 1 N–H and O–H groups in total. The highest BCUT2D eigenvalue weighted by Crippen LogP contribution is 2.36. The van der Waals surface area contributed by atoms with Crippen molar-refractivity contribution in [1.29, 1.82) is 0 Å². The molecule has 1 aliphatic carbocycles. The van der Waals surface area contributed by atoms with E-state index >= 15 is 0 Å². The molecule has 1 saturated carbocycles. The predicted octanol–water partition coefficient (Wildman–Crippen LogP) is 1.91. The second-order valence-electron chi connectivity index (χ2n) is 6.75. The molecule has 0 aromatic heterocycles. The van der Waals surface area contributed by atoms with Crippen LogP contribution in [0.5, 0.6) is 0 Å². The Morgan fingerprint density at radius 2 is 1.95 bits per heavy atom. The van der Waals surface area contributed by atoms with E-state index in [0.29, 0.717) is 12.0 Å². The van der Waals surface area contributed by atoms with Crippen molar-refractivity contribution in [2.24, 2.45) is 5.92 Å². The van der Waals surface area contributed by atoms with Crippen molar-refractivity contribution in [3.63, 3.8) is 0 Å². The zero-order valence-electron chi connectivity index (χ0n) is 13.9. The van der Waals surface area contributed by atoms with Gasteiger partial charge < -0.3 is 10.2 Å². The van der Waals surface area contributed by atoms with Crippen LogP contribution in [-0.4, -0.2) is 57.5 Å². The summed E-state index contributed by atoms with van der Waals surface area (Å²) in [6.07, 6.45) is 6.21. The topological polar surface area (TPSA) is 49.4 Å². The second kappa shape index (κ2) is 6.75. The third kappa shape index (κ3) is 3.74. The van der Waals surface area contributed by atoms with Gasteiger partial charge in [0.2, 0.25) is 0 Å². The molecule has 0 aromatic rings.